The maximum Gasteiger partial charge on any atom is 0.119 e. The largest absolute Gasteiger partial charge is 0.494 e. The molecular formula is C20H27NO. The topological polar surface area (TPSA) is 35.2 Å². The van der Waals surface area contributed by atoms with E-state index in [9.17, 15) is 0 Å². The van der Waals surface area contributed by atoms with Gasteiger partial charge in [0.05, 0.1) is 6.61 Å². The molecule has 0 bridgehead atoms. The van der Waals surface area contributed by atoms with Crippen LogP contribution in [0.15, 0.2) is 60.7 Å². The summed E-state index contributed by atoms with van der Waals surface area (Å²) in [7, 11) is 0. The zero-order chi connectivity index (χ0) is 15.5. The van der Waals surface area contributed by atoms with Gasteiger partial charge in [-0.1, -0.05) is 67.8 Å². The summed E-state index contributed by atoms with van der Waals surface area (Å²) in [5.74, 6) is 1.47. The molecule has 0 aliphatic rings. The van der Waals surface area contributed by atoms with E-state index in [1.165, 1.54) is 31.2 Å². The van der Waals surface area contributed by atoms with Gasteiger partial charge in [0.15, 0.2) is 0 Å². The number of hydrogen-bond donors (Lipinski definition) is 1. The summed E-state index contributed by atoms with van der Waals surface area (Å²) in [6.45, 7) is 1.55. The quantitative estimate of drug-likeness (QED) is 0.642. The Kier molecular flexibility index (Phi) is 7.54. The van der Waals surface area contributed by atoms with Gasteiger partial charge < -0.3 is 10.5 Å². The second-order valence-corrected chi connectivity index (χ2v) is 5.71. The van der Waals surface area contributed by atoms with E-state index in [1.54, 1.807) is 0 Å². The average molecular weight is 297 g/mol. The lowest BCUT2D eigenvalue weighted by atomic mass is 9.93. The summed E-state index contributed by atoms with van der Waals surface area (Å²) in [5, 5.41) is 0. The lowest BCUT2D eigenvalue weighted by Gasteiger charge is -2.15. The maximum absolute atomic E-state index is 5.91. The molecule has 0 aliphatic heterocycles. The van der Waals surface area contributed by atoms with Crippen molar-refractivity contribution >= 4 is 0 Å². The van der Waals surface area contributed by atoms with E-state index in [-0.39, 0.29) is 0 Å². The molecule has 0 radical (unpaired) electrons. The van der Waals surface area contributed by atoms with E-state index < -0.39 is 0 Å². The van der Waals surface area contributed by atoms with Crippen LogP contribution < -0.4 is 10.5 Å². The van der Waals surface area contributed by atoms with Gasteiger partial charge in [0.2, 0.25) is 0 Å². The van der Waals surface area contributed by atoms with Crippen LogP contribution in [0.25, 0.3) is 0 Å². The van der Waals surface area contributed by atoms with Crippen LogP contribution in [-0.4, -0.2) is 13.2 Å². The van der Waals surface area contributed by atoms with Crippen molar-refractivity contribution in [3.05, 3.63) is 66.2 Å². The van der Waals surface area contributed by atoms with E-state index in [2.05, 4.69) is 30.3 Å². The van der Waals surface area contributed by atoms with Gasteiger partial charge >= 0.3 is 0 Å². The maximum atomic E-state index is 5.91. The van der Waals surface area contributed by atoms with E-state index >= 15 is 0 Å². The van der Waals surface area contributed by atoms with Gasteiger partial charge in [-0.15, -0.1) is 0 Å². The Morgan fingerprint density at radius 2 is 1.41 bits per heavy atom. The lowest BCUT2D eigenvalue weighted by molar-refractivity contribution is 0.304. The van der Waals surface area contributed by atoms with E-state index in [0.717, 1.165) is 25.3 Å². The molecule has 2 heteroatoms. The van der Waals surface area contributed by atoms with Crippen molar-refractivity contribution in [2.75, 3.05) is 13.2 Å². The second kappa shape index (κ2) is 10.0. The van der Waals surface area contributed by atoms with Crippen LogP contribution in [0.1, 0.15) is 43.6 Å². The van der Waals surface area contributed by atoms with Crippen molar-refractivity contribution in [1.82, 2.24) is 0 Å². The Morgan fingerprint density at radius 3 is 2.09 bits per heavy atom. The molecule has 118 valence electrons. The van der Waals surface area contributed by atoms with Crippen LogP contribution >= 0.6 is 0 Å². The monoisotopic (exact) mass is 297 g/mol. The fourth-order valence-corrected chi connectivity index (χ4v) is 2.70. The zero-order valence-corrected chi connectivity index (χ0v) is 13.3. The summed E-state index contributed by atoms with van der Waals surface area (Å²) in [4.78, 5) is 0. The summed E-state index contributed by atoms with van der Waals surface area (Å²) in [6.07, 6.45) is 6.01. The van der Waals surface area contributed by atoms with Gasteiger partial charge in [0.1, 0.15) is 5.75 Å². The SMILES string of the molecule is NCC(CCCCCCOc1ccccc1)c1ccccc1. The van der Waals surface area contributed by atoms with Gasteiger partial charge in [0.25, 0.3) is 0 Å². The molecule has 0 fully saturated rings. The third kappa shape index (κ3) is 5.90. The fourth-order valence-electron chi connectivity index (χ4n) is 2.70. The van der Waals surface area contributed by atoms with Gasteiger partial charge in [-0.25, -0.2) is 0 Å². The minimum Gasteiger partial charge on any atom is -0.494 e. The number of ether oxygens (including phenoxy) is 1. The van der Waals surface area contributed by atoms with Crippen molar-refractivity contribution in [2.45, 2.75) is 38.0 Å². The Bertz CT molecular complexity index is 498. The van der Waals surface area contributed by atoms with Crippen molar-refractivity contribution in [3.8, 4) is 5.75 Å². The molecule has 2 N–H and O–H groups in total. The molecule has 0 heterocycles. The van der Waals surface area contributed by atoms with E-state index in [4.69, 9.17) is 10.5 Å². The molecule has 2 aromatic carbocycles. The van der Waals surface area contributed by atoms with Crippen molar-refractivity contribution < 1.29 is 4.74 Å². The Morgan fingerprint density at radius 1 is 0.773 bits per heavy atom. The van der Waals surface area contributed by atoms with Crippen LogP contribution in [0.4, 0.5) is 0 Å². The van der Waals surface area contributed by atoms with Crippen LogP contribution in [0.3, 0.4) is 0 Å². The molecule has 0 aromatic heterocycles. The summed E-state index contributed by atoms with van der Waals surface area (Å²) < 4.78 is 5.70. The highest BCUT2D eigenvalue weighted by atomic mass is 16.5. The minimum absolute atomic E-state index is 0.502. The Hall–Kier alpha value is -1.80. The number of nitrogens with two attached hydrogens (primary N) is 1. The molecule has 1 atom stereocenters. The molecule has 0 aliphatic carbocycles. The molecule has 0 saturated carbocycles. The first-order chi connectivity index (χ1) is 10.9. The average Bonchev–Trinajstić information content (AvgIpc) is 2.59. The first-order valence-electron chi connectivity index (χ1n) is 8.33. The van der Waals surface area contributed by atoms with Gasteiger partial charge in [-0.3, -0.25) is 0 Å². The number of hydrogen-bond acceptors (Lipinski definition) is 2. The third-order valence-corrected chi connectivity index (χ3v) is 4.01. The normalized spacial score (nSPS) is 12.0. The molecule has 2 rings (SSSR count). The van der Waals surface area contributed by atoms with Crippen LogP contribution in [0, 0.1) is 0 Å². The van der Waals surface area contributed by atoms with Gasteiger partial charge in [-0.05, 0) is 43.0 Å². The van der Waals surface area contributed by atoms with E-state index in [0.29, 0.717) is 5.92 Å². The second-order valence-electron chi connectivity index (χ2n) is 5.71. The van der Waals surface area contributed by atoms with Gasteiger partial charge in [0, 0.05) is 0 Å². The lowest BCUT2D eigenvalue weighted by Crippen LogP contribution is -2.12. The molecule has 2 aromatic rings. The summed E-state index contributed by atoms with van der Waals surface area (Å²) in [6, 6.07) is 20.7. The molecule has 22 heavy (non-hydrogen) atoms. The standard InChI is InChI=1S/C20H27NO/c21-17-19(18-11-6-3-7-12-18)13-5-1-2-10-16-22-20-14-8-4-9-15-20/h3-4,6-9,11-12,14-15,19H,1-2,5,10,13,16-17,21H2. The minimum atomic E-state index is 0.502. The number of para-hydroxylation sites is 1. The predicted molar refractivity (Wildman–Crippen MR) is 93.3 cm³/mol. The van der Waals surface area contributed by atoms with Crippen LogP contribution in [-0.2, 0) is 0 Å². The van der Waals surface area contributed by atoms with Crippen molar-refractivity contribution in [3.63, 3.8) is 0 Å². The van der Waals surface area contributed by atoms with Crippen molar-refractivity contribution in [1.29, 1.82) is 0 Å². The third-order valence-electron chi connectivity index (χ3n) is 4.01. The molecular weight excluding hydrogens is 270 g/mol. The number of rotatable bonds is 10. The highest BCUT2D eigenvalue weighted by Crippen LogP contribution is 2.21. The Balaban J connectivity index is 1.55. The highest BCUT2D eigenvalue weighted by Gasteiger charge is 2.08. The fraction of sp³-hybridized carbons (Fsp3) is 0.400. The number of benzene rings is 2. The zero-order valence-electron chi connectivity index (χ0n) is 13.3. The van der Waals surface area contributed by atoms with Crippen molar-refractivity contribution in [2.24, 2.45) is 5.73 Å². The molecule has 1 unspecified atom stereocenters. The first-order valence-corrected chi connectivity index (χ1v) is 8.33. The first kappa shape index (κ1) is 16.6. The van der Waals surface area contributed by atoms with Crippen LogP contribution in [0.5, 0.6) is 5.75 Å². The molecule has 0 spiro atoms. The summed E-state index contributed by atoms with van der Waals surface area (Å²) >= 11 is 0. The van der Waals surface area contributed by atoms with Crippen LogP contribution in [0.2, 0.25) is 0 Å². The van der Waals surface area contributed by atoms with E-state index in [1.807, 2.05) is 30.3 Å². The molecule has 0 saturated heterocycles. The molecule has 2 nitrogen and oxygen atoms in total. The Labute approximate surface area is 134 Å². The highest BCUT2D eigenvalue weighted by molar-refractivity contribution is 5.21. The number of unbranched alkanes of at least 4 members (excludes halogenated alkanes) is 3. The van der Waals surface area contributed by atoms with Gasteiger partial charge in [-0.2, -0.15) is 0 Å². The molecule has 0 amide bonds. The predicted octanol–water partition coefficient (Wildman–Crippen LogP) is 4.76. The summed E-state index contributed by atoms with van der Waals surface area (Å²) in [5.41, 5.74) is 7.28. The smallest absolute Gasteiger partial charge is 0.119 e.